The predicted molar refractivity (Wildman–Crippen MR) is 112 cm³/mol. The highest BCUT2D eigenvalue weighted by atomic mass is 35.5. The predicted octanol–water partition coefficient (Wildman–Crippen LogP) is 2.90. The minimum atomic E-state index is -0.0527. The number of benzene rings is 1. The number of carbonyl (C=O) groups excluding carboxylic acids is 2. The lowest BCUT2D eigenvalue weighted by molar-refractivity contribution is -0.132. The van der Waals surface area contributed by atoms with E-state index in [1.165, 1.54) is 0 Å². The second kappa shape index (κ2) is 9.34. The van der Waals surface area contributed by atoms with Gasteiger partial charge in [0.1, 0.15) is 0 Å². The van der Waals surface area contributed by atoms with Crippen LogP contribution in [0.1, 0.15) is 30.6 Å². The van der Waals surface area contributed by atoms with Crippen LogP contribution in [0.4, 0.5) is 0 Å². The zero-order chi connectivity index (χ0) is 20.1. The molecule has 0 N–H and O–H groups in total. The van der Waals surface area contributed by atoms with E-state index in [4.69, 9.17) is 11.6 Å². The molecule has 1 aliphatic heterocycles. The Morgan fingerprint density at radius 3 is 2.68 bits per heavy atom. The van der Waals surface area contributed by atoms with Crippen LogP contribution in [-0.2, 0) is 4.79 Å². The van der Waals surface area contributed by atoms with Crippen LogP contribution in [0.5, 0.6) is 0 Å². The fourth-order valence-electron chi connectivity index (χ4n) is 3.69. The standard InChI is InChI=1S/C21H27ClN4O2/c1-3-25(4-2)19(27)15-24-9-6-10-26(12-11-24)21(28)18-14-17(22)13-16-7-5-8-23-20(16)18/h5,7-8,13-14H,3-4,6,9-12,15H2,1-2H3. The van der Waals surface area contributed by atoms with Crippen LogP contribution in [0, 0.1) is 0 Å². The highest BCUT2D eigenvalue weighted by Crippen LogP contribution is 2.24. The van der Waals surface area contributed by atoms with Gasteiger partial charge in [-0.2, -0.15) is 0 Å². The number of amides is 2. The van der Waals surface area contributed by atoms with Crippen molar-refractivity contribution >= 4 is 34.3 Å². The van der Waals surface area contributed by atoms with Gasteiger partial charge in [-0.3, -0.25) is 19.5 Å². The molecule has 28 heavy (non-hydrogen) atoms. The maximum atomic E-state index is 13.2. The number of carbonyl (C=O) groups is 2. The Hall–Kier alpha value is -2.18. The lowest BCUT2D eigenvalue weighted by Gasteiger charge is -2.25. The van der Waals surface area contributed by atoms with E-state index in [0.717, 1.165) is 31.4 Å². The van der Waals surface area contributed by atoms with E-state index >= 15 is 0 Å². The molecule has 0 radical (unpaired) electrons. The lowest BCUT2D eigenvalue weighted by atomic mass is 10.1. The zero-order valence-electron chi connectivity index (χ0n) is 16.5. The zero-order valence-corrected chi connectivity index (χ0v) is 17.3. The summed E-state index contributed by atoms with van der Waals surface area (Å²) in [5.41, 5.74) is 1.21. The Morgan fingerprint density at radius 2 is 1.93 bits per heavy atom. The first kappa shape index (κ1) is 20.6. The number of pyridine rings is 1. The summed E-state index contributed by atoms with van der Waals surface area (Å²) in [6.45, 7) is 8.59. The topological polar surface area (TPSA) is 56.8 Å². The fraction of sp³-hybridized carbons (Fsp3) is 0.476. The average molecular weight is 403 g/mol. The van der Waals surface area contributed by atoms with Gasteiger partial charge in [0.15, 0.2) is 0 Å². The molecule has 150 valence electrons. The van der Waals surface area contributed by atoms with E-state index in [0.29, 0.717) is 42.3 Å². The summed E-state index contributed by atoms with van der Waals surface area (Å²) in [7, 11) is 0. The minimum Gasteiger partial charge on any atom is -0.342 e. The first-order valence-electron chi connectivity index (χ1n) is 9.87. The van der Waals surface area contributed by atoms with E-state index < -0.39 is 0 Å². The second-order valence-corrected chi connectivity index (χ2v) is 7.45. The van der Waals surface area contributed by atoms with Gasteiger partial charge >= 0.3 is 0 Å². The van der Waals surface area contributed by atoms with Crippen LogP contribution >= 0.6 is 11.6 Å². The van der Waals surface area contributed by atoms with E-state index in [2.05, 4.69) is 9.88 Å². The summed E-state index contributed by atoms with van der Waals surface area (Å²) in [6.07, 6.45) is 2.53. The number of rotatable bonds is 5. The van der Waals surface area contributed by atoms with Crippen LogP contribution in [0.25, 0.3) is 10.9 Å². The minimum absolute atomic E-state index is 0.0527. The maximum Gasteiger partial charge on any atom is 0.256 e. The summed E-state index contributed by atoms with van der Waals surface area (Å²) in [6, 6.07) is 7.27. The molecule has 0 spiro atoms. The van der Waals surface area contributed by atoms with Crippen molar-refractivity contribution in [2.45, 2.75) is 20.3 Å². The van der Waals surface area contributed by atoms with Crippen molar-refractivity contribution in [1.82, 2.24) is 19.7 Å². The monoisotopic (exact) mass is 402 g/mol. The summed E-state index contributed by atoms with van der Waals surface area (Å²) >= 11 is 6.23. The molecule has 0 saturated carbocycles. The number of hydrogen-bond acceptors (Lipinski definition) is 4. The Bertz CT molecular complexity index is 853. The summed E-state index contributed by atoms with van der Waals surface area (Å²) in [5, 5.41) is 1.39. The molecule has 2 heterocycles. The van der Waals surface area contributed by atoms with Crippen LogP contribution in [0.3, 0.4) is 0 Å². The smallest absolute Gasteiger partial charge is 0.256 e. The molecule has 1 fully saturated rings. The molecule has 0 bridgehead atoms. The number of fused-ring (bicyclic) bond motifs is 1. The van der Waals surface area contributed by atoms with Gasteiger partial charge in [-0.15, -0.1) is 0 Å². The molecule has 2 aromatic rings. The van der Waals surface area contributed by atoms with Crippen molar-refractivity contribution in [3.8, 4) is 0 Å². The summed E-state index contributed by atoms with van der Waals surface area (Å²) < 4.78 is 0. The Kier molecular flexibility index (Phi) is 6.86. The molecule has 3 rings (SSSR count). The number of hydrogen-bond donors (Lipinski definition) is 0. The van der Waals surface area contributed by atoms with Crippen LogP contribution < -0.4 is 0 Å². The van der Waals surface area contributed by atoms with E-state index in [1.54, 1.807) is 12.3 Å². The quantitative estimate of drug-likeness (QED) is 0.771. The van der Waals surface area contributed by atoms with Gasteiger partial charge in [0.25, 0.3) is 5.91 Å². The van der Waals surface area contributed by atoms with Crippen molar-refractivity contribution in [1.29, 1.82) is 0 Å². The van der Waals surface area contributed by atoms with Gasteiger partial charge in [0, 0.05) is 55.9 Å². The van der Waals surface area contributed by atoms with Gasteiger partial charge in [-0.1, -0.05) is 17.7 Å². The third-order valence-electron chi connectivity index (χ3n) is 5.25. The van der Waals surface area contributed by atoms with Gasteiger partial charge in [0.05, 0.1) is 17.6 Å². The Labute approximate surface area is 171 Å². The number of halogens is 1. The average Bonchev–Trinajstić information content (AvgIpc) is 2.93. The summed E-state index contributed by atoms with van der Waals surface area (Å²) in [4.78, 5) is 35.8. The largest absolute Gasteiger partial charge is 0.342 e. The molecular formula is C21H27ClN4O2. The van der Waals surface area contributed by atoms with Gasteiger partial charge < -0.3 is 9.80 Å². The summed E-state index contributed by atoms with van der Waals surface area (Å²) in [5.74, 6) is 0.0953. The van der Waals surface area contributed by atoms with Crippen molar-refractivity contribution in [3.05, 3.63) is 41.0 Å². The first-order valence-corrected chi connectivity index (χ1v) is 10.2. The Balaban J connectivity index is 1.71. The number of nitrogens with zero attached hydrogens (tertiary/aromatic N) is 4. The van der Waals surface area contributed by atoms with Crippen molar-refractivity contribution < 1.29 is 9.59 Å². The number of aromatic nitrogens is 1. The fourth-order valence-corrected chi connectivity index (χ4v) is 3.92. The van der Waals surface area contributed by atoms with Crippen LogP contribution in [0.15, 0.2) is 30.5 Å². The SMILES string of the molecule is CCN(CC)C(=O)CN1CCCN(C(=O)c2cc(Cl)cc3cccnc23)CC1. The second-order valence-electron chi connectivity index (χ2n) is 7.02. The van der Waals surface area contributed by atoms with Crippen molar-refractivity contribution in [2.75, 3.05) is 45.8 Å². The van der Waals surface area contributed by atoms with Crippen molar-refractivity contribution in [3.63, 3.8) is 0 Å². The van der Waals surface area contributed by atoms with Crippen LogP contribution in [-0.4, -0.2) is 77.3 Å². The molecule has 1 aromatic carbocycles. The molecule has 1 aromatic heterocycles. The third kappa shape index (κ3) is 4.62. The molecule has 0 atom stereocenters. The molecule has 1 aliphatic rings. The first-order chi connectivity index (χ1) is 13.5. The molecule has 6 nitrogen and oxygen atoms in total. The van der Waals surface area contributed by atoms with Gasteiger partial charge in [-0.25, -0.2) is 0 Å². The third-order valence-corrected chi connectivity index (χ3v) is 5.47. The maximum absolute atomic E-state index is 13.2. The molecule has 2 amide bonds. The lowest BCUT2D eigenvalue weighted by Crippen LogP contribution is -2.42. The van der Waals surface area contributed by atoms with E-state index in [1.807, 2.05) is 41.8 Å². The molecule has 7 heteroatoms. The van der Waals surface area contributed by atoms with E-state index in [9.17, 15) is 9.59 Å². The molecule has 1 saturated heterocycles. The highest BCUT2D eigenvalue weighted by molar-refractivity contribution is 6.32. The van der Waals surface area contributed by atoms with Crippen molar-refractivity contribution in [2.24, 2.45) is 0 Å². The normalized spacial score (nSPS) is 15.5. The molecular weight excluding hydrogens is 376 g/mol. The molecule has 0 aliphatic carbocycles. The van der Waals surface area contributed by atoms with E-state index in [-0.39, 0.29) is 11.8 Å². The van der Waals surface area contributed by atoms with Crippen LogP contribution in [0.2, 0.25) is 5.02 Å². The van der Waals surface area contributed by atoms with Gasteiger partial charge in [0.2, 0.25) is 5.91 Å². The highest BCUT2D eigenvalue weighted by Gasteiger charge is 2.24. The molecule has 0 unspecified atom stereocenters. The number of likely N-dealkylation sites (N-methyl/N-ethyl adjacent to an activating group) is 1. The van der Waals surface area contributed by atoms with Gasteiger partial charge in [-0.05, 0) is 38.5 Å². The Morgan fingerprint density at radius 1 is 1.14 bits per heavy atom.